The highest BCUT2D eigenvalue weighted by atomic mass is 29.6. The maximum absolute atomic E-state index is 10.7. The summed E-state index contributed by atoms with van der Waals surface area (Å²) < 4.78 is 49.8. The molecule has 8 N–H and O–H groups in total. The van der Waals surface area contributed by atoms with Gasteiger partial charge in [-0.15, -0.1) is 0 Å². The van der Waals surface area contributed by atoms with Gasteiger partial charge in [-0.2, -0.15) is 0 Å². The van der Waals surface area contributed by atoms with Crippen LogP contribution in [0.3, 0.4) is 0 Å². The van der Waals surface area contributed by atoms with Crippen LogP contribution in [0.5, 0.6) is 0 Å². The van der Waals surface area contributed by atoms with Crippen molar-refractivity contribution in [2.75, 3.05) is 0 Å². The summed E-state index contributed by atoms with van der Waals surface area (Å²) in [5, 5.41) is 0. The topological polar surface area (TPSA) is 254 Å². The second kappa shape index (κ2) is 5.58. The van der Waals surface area contributed by atoms with E-state index in [9.17, 15) is 38.4 Å². The first kappa shape index (κ1) is 21.1. The van der Waals surface area contributed by atoms with Gasteiger partial charge in [-0.05, 0) is 0 Å². The molecule has 0 saturated carbocycles. The molecule has 0 aliphatic carbocycles. The van der Waals surface area contributed by atoms with Gasteiger partial charge in [0.25, 0.3) is 0 Å². The Balaban J connectivity index is 1.79. The molecule has 0 aromatic carbocycles. The second-order valence-corrected chi connectivity index (χ2v) is 32.0. The molecule has 158 valence electrons. The van der Waals surface area contributed by atoms with Crippen molar-refractivity contribution in [3.63, 3.8) is 0 Å². The zero-order valence-corrected chi connectivity index (χ0v) is 21.9. The van der Waals surface area contributed by atoms with E-state index in [1.165, 1.54) is 0 Å². The van der Waals surface area contributed by atoms with Crippen LogP contribution in [0, 0.1) is 0 Å². The SMILES string of the molecule is O[Si]12C[Si]3(O)O[Si]4(O)O[Si](O)(O1)O[Si]1(O)O[Si](O)(O2)O[Si](O)(O3)[Si][Si](O)(O4)O1. The smallest absolute Gasteiger partial charge is 0.394 e. The normalized spacial score (nSPS) is 66.0. The second-order valence-electron chi connectivity index (χ2n) is 6.01. The van der Waals surface area contributed by atoms with Crippen molar-refractivity contribution in [3.05, 3.63) is 0 Å². The maximum Gasteiger partial charge on any atom is 0.657 e. The Bertz CT molecular complexity index is 477. The minimum absolute atomic E-state index is 1.08. The van der Waals surface area contributed by atoms with Gasteiger partial charge in [0, 0.05) is 0 Å². The molecule has 0 aromatic heterocycles. The van der Waals surface area contributed by atoms with Crippen LogP contribution in [-0.4, -0.2) is 117 Å². The van der Waals surface area contributed by atoms with E-state index >= 15 is 0 Å². The van der Waals surface area contributed by atoms with Crippen LogP contribution in [0.2, 0.25) is 5.67 Å². The molecule has 18 nitrogen and oxygen atoms in total. The van der Waals surface area contributed by atoms with Gasteiger partial charge in [-0.25, -0.2) is 0 Å². The van der Waals surface area contributed by atoms with E-state index in [0.29, 0.717) is 0 Å². The van der Waals surface area contributed by atoms with Crippen LogP contribution in [0.4, 0.5) is 0 Å². The van der Waals surface area contributed by atoms with Crippen molar-refractivity contribution in [3.8, 4) is 0 Å². The molecule has 8 atom stereocenters. The van der Waals surface area contributed by atoms with Crippen LogP contribution < -0.4 is 0 Å². The Morgan fingerprint density at radius 1 is 0.429 bits per heavy atom. The van der Waals surface area contributed by atoms with Crippen LogP contribution in [0.1, 0.15) is 0 Å². The quantitative estimate of drug-likeness (QED) is 0.127. The summed E-state index contributed by atoms with van der Waals surface area (Å²) in [5.41, 5.74) is -1.08. The molecule has 6 heterocycles. The van der Waals surface area contributed by atoms with Crippen molar-refractivity contribution in [2.45, 2.75) is 5.67 Å². The summed E-state index contributed by atoms with van der Waals surface area (Å²) in [6.07, 6.45) is 0. The summed E-state index contributed by atoms with van der Waals surface area (Å²) in [4.78, 5) is 85.2. The molecule has 0 aromatic rings. The lowest BCUT2D eigenvalue weighted by Crippen LogP contribution is -2.89. The zero-order valence-electron chi connectivity index (χ0n) is 12.9. The van der Waals surface area contributed by atoms with E-state index in [1.54, 1.807) is 0 Å². The average molecular weight is 563 g/mol. The molecule has 6 fully saturated rings. The Labute approximate surface area is 164 Å². The van der Waals surface area contributed by atoms with Gasteiger partial charge in [0.2, 0.25) is 8.55 Å². The molecule has 0 amide bonds. The zero-order chi connectivity index (χ0) is 20.5. The average Bonchev–Trinajstić information content (AvgIpc) is 2.22. The third-order valence-electron chi connectivity index (χ3n) is 3.50. The fourth-order valence-corrected chi connectivity index (χ4v) is 50.5. The monoisotopic (exact) mass is 562 g/mol. The highest BCUT2D eigenvalue weighted by molar-refractivity contribution is 7.46. The molecule has 28 heavy (non-hydrogen) atoms. The van der Waals surface area contributed by atoms with Gasteiger partial charge in [-0.1, -0.05) is 0 Å². The van der Waals surface area contributed by atoms with Gasteiger partial charge in [0.05, 0.1) is 5.67 Å². The van der Waals surface area contributed by atoms with Crippen molar-refractivity contribution < 1.29 is 79.5 Å². The van der Waals surface area contributed by atoms with Crippen molar-refractivity contribution in [2.24, 2.45) is 0 Å². The van der Waals surface area contributed by atoms with E-state index in [2.05, 4.69) is 0 Å². The van der Waals surface area contributed by atoms with Crippen LogP contribution >= 0.6 is 0 Å². The molecular formula is CH10O18Si9. The number of hydrogen-bond acceptors (Lipinski definition) is 18. The largest absolute Gasteiger partial charge is 0.657 e. The van der Waals surface area contributed by atoms with Crippen LogP contribution in [0.25, 0.3) is 0 Å². The van der Waals surface area contributed by atoms with E-state index in [1.807, 2.05) is 0 Å². The minimum Gasteiger partial charge on any atom is -0.394 e. The summed E-state index contributed by atoms with van der Waals surface area (Å²) in [5.74, 6) is 0. The lowest BCUT2D eigenvalue weighted by molar-refractivity contribution is -0.0688. The Morgan fingerprint density at radius 2 is 0.750 bits per heavy atom. The summed E-state index contributed by atoms with van der Waals surface area (Å²) >= 11 is 0. The van der Waals surface area contributed by atoms with E-state index in [-0.39, 0.29) is 0 Å². The number of hydrogen-bond donors (Lipinski definition) is 8. The lowest BCUT2D eigenvalue weighted by Gasteiger charge is -2.54. The molecule has 2 radical (unpaired) electrons. The fourth-order valence-electron chi connectivity index (χ4n) is 2.90. The molecule has 8 bridgehead atoms. The molecule has 6 aliphatic rings. The molecular weight excluding hydrogens is 553 g/mol. The van der Waals surface area contributed by atoms with Gasteiger partial charge >= 0.3 is 70.4 Å². The predicted octanol–water partition coefficient (Wildman–Crippen LogP) is -8.11. The van der Waals surface area contributed by atoms with E-state index in [4.69, 9.17) is 41.2 Å². The molecule has 0 spiro atoms. The summed E-state index contributed by atoms with van der Waals surface area (Å²) in [6.45, 7) is 0. The molecule has 8 unspecified atom stereocenters. The minimum atomic E-state index is -5.36. The van der Waals surface area contributed by atoms with Crippen molar-refractivity contribution >= 4 is 79.0 Å². The third kappa shape index (κ3) is 3.49. The predicted molar refractivity (Wildman–Crippen MR) is 85.2 cm³/mol. The van der Waals surface area contributed by atoms with Crippen molar-refractivity contribution in [1.82, 2.24) is 0 Å². The number of rotatable bonds is 0. The Hall–Kier alpha value is 1.23. The first-order valence-electron chi connectivity index (χ1n) is 7.08. The first-order valence-corrected chi connectivity index (χ1v) is 24.2. The fraction of sp³-hybridized carbons (Fsp3) is 1.00. The van der Waals surface area contributed by atoms with Gasteiger partial charge < -0.3 is 79.5 Å². The first-order chi connectivity index (χ1) is 12.5. The van der Waals surface area contributed by atoms with Crippen molar-refractivity contribution in [1.29, 1.82) is 0 Å². The van der Waals surface area contributed by atoms with E-state index < -0.39 is 84.7 Å². The Morgan fingerprint density at radius 3 is 1.21 bits per heavy atom. The van der Waals surface area contributed by atoms with Crippen LogP contribution in [-0.2, 0) is 41.2 Å². The third-order valence-corrected chi connectivity index (χ3v) is 40.9. The molecule has 6 aliphatic heterocycles. The summed E-state index contributed by atoms with van der Waals surface area (Å²) in [6, 6.07) is 0. The van der Waals surface area contributed by atoms with Gasteiger partial charge in [-0.3, -0.25) is 0 Å². The van der Waals surface area contributed by atoms with Crippen LogP contribution in [0.15, 0.2) is 0 Å². The van der Waals surface area contributed by atoms with Gasteiger partial charge in [0.1, 0.15) is 0 Å². The lowest BCUT2D eigenvalue weighted by atomic mass is 11.9. The molecule has 6 rings (SSSR count). The molecule has 6 saturated heterocycles. The van der Waals surface area contributed by atoms with E-state index in [0.717, 1.165) is 0 Å². The highest BCUT2D eigenvalue weighted by Gasteiger charge is 2.85. The van der Waals surface area contributed by atoms with Gasteiger partial charge in [0.15, 0.2) is 0 Å². The Kier molecular flexibility index (Phi) is 4.21. The highest BCUT2D eigenvalue weighted by Crippen LogP contribution is 2.44. The summed E-state index contributed by atoms with van der Waals surface area (Å²) in [7, 11) is -42.4. The standard InChI is InChI=1S/CH10O18Si9/c2-21-1-22(3)12-25(6)14-23(4,10-21)15-26(7)16-24(5,11-21)17-27(8,13-22)20-28(9,18-25)19-26/h2-9H,1H2. The maximum atomic E-state index is 10.7. The molecule has 27 heteroatoms.